The normalized spacial score (nSPS) is 13.3. The summed E-state index contributed by atoms with van der Waals surface area (Å²) in [5.74, 6) is 0.768. The van der Waals surface area contributed by atoms with E-state index in [0.29, 0.717) is 29.4 Å². The first-order valence-electron chi connectivity index (χ1n) is 6.16. The van der Waals surface area contributed by atoms with E-state index in [4.69, 9.17) is 16.3 Å². The van der Waals surface area contributed by atoms with E-state index in [1.165, 1.54) is 0 Å². The summed E-state index contributed by atoms with van der Waals surface area (Å²) in [4.78, 5) is 0. The van der Waals surface area contributed by atoms with Crippen molar-refractivity contribution < 1.29 is 18.3 Å². The molecule has 1 N–H and O–H groups in total. The van der Waals surface area contributed by atoms with Gasteiger partial charge in [-0.05, 0) is 31.0 Å². The SMILES string of the molecule is CCS(=O)(=O)CCCOc1ccc(C(C)O)cc1Cl. The van der Waals surface area contributed by atoms with Gasteiger partial charge in [-0.25, -0.2) is 8.42 Å². The van der Waals surface area contributed by atoms with Crippen molar-refractivity contribution in [1.82, 2.24) is 0 Å². The number of ether oxygens (including phenoxy) is 1. The largest absolute Gasteiger partial charge is 0.492 e. The molecule has 0 radical (unpaired) electrons. The van der Waals surface area contributed by atoms with Crippen LogP contribution in [0.1, 0.15) is 31.9 Å². The Kier molecular flexibility index (Phi) is 6.10. The lowest BCUT2D eigenvalue weighted by atomic mass is 10.1. The lowest BCUT2D eigenvalue weighted by molar-refractivity contribution is 0.199. The van der Waals surface area contributed by atoms with Crippen molar-refractivity contribution in [2.24, 2.45) is 0 Å². The van der Waals surface area contributed by atoms with E-state index < -0.39 is 15.9 Å². The van der Waals surface area contributed by atoms with Gasteiger partial charge >= 0.3 is 0 Å². The number of rotatable bonds is 7. The molecule has 108 valence electrons. The third-order valence-electron chi connectivity index (χ3n) is 2.74. The van der Waals surface area contributed by atoms with Crippen LogP contribution in [0.15, 0.2) is 18.2 Å². The van der Waals surface area contributed by atoms with Crippen LogP contribution in [0.5, 0.6) is 5.75 Å². The van der Waals surface area contributed by atoms with E-state index in [-0.39, 0.29) is 11.5 Å². The fourth-order valence-electron chi connectivity index (χ4n) is 1.50. The smallest absolute Gasteiger partial charge is 0.150 e. The van der Waals surface area contributed by atoms with Gasteiger partial charge in [0.25, 0.3) is 0 Å². The van der Waals surface area contributed by atoms with Gasteiger partial charge in [0, 0.05) is 5.75 Å². The summed E-state index contributed by atoms with van der Waals surface area (Å²) < 4.78 is 28.0. The second-order valence-corrected chi connectivity index (χ2v) is 7.18. The number of hydrogen-bond donors (Lipinski definition) is 1. The molecule has 0 aliphatic heterocycles. The number of aliphatic hydroxyl groups is 1. The molecule has 19 heavy (non-hydrogen) atoms. The fraction of sp³-hybridized carbons (Fsp3) is 0.538. The standard InChI is InChI=1S/C13H19ClO4S/c1-3-19(16,17)8-4-7-18-13-6-5-11(10(2)15)9-12(13)14/h5-6,9-10,15H,3-4,7-8H2,1-2H3. The maximum Gasteiger partial charge on any atom is 0.150 e. The van der Waals surface area contributed by atoms with E-state index in [1.54, 1.807) is 32.0 Å². The molecule has 0 aromatic heterocycles. The van der Waals surface area contributed by atoms with Crippen molar-refractivity contribution >= 4 is 21.4 Å². The first-order chi connectivity index (χ1) is 8.85. The molecule has 4 nitrogen and oxygen atoms in total. The van der Waals surface area contributed by atoms with Gasteiger partial charge in [-0.3, -0.25) is 0 Å². The number of halogens is 1. The van der Waals surface area contributed by atoms with Crippen LogP contribution in [-0.2, 0) is 9.84 Å². The van der Waals surface area contributed by atoms with E-state index in [1.807, 2.05) is 0 Å². The molecular formula is C13H19ClO4S. The van der Waals surface area contributed by atoms with Gasteiger partial charge in [-0.15, -0.1) is 0 Å². The zero-order valence-electron chi connectivity index (χ0n) is 11.1. The molecule has 6 heteroatoms. The van der Waals surface area contributed by atoms with E-state index in [0.717, 1.165) is 0 Å². The average Bonchev–Trinajstić information content (AvgIpc) is 2.36. The molecule has 1 atom stereocenters. The molecule has 0 bridgehead atoms. The van der Waals surface area contributed by atoms with Crippen LogP contribution in [0.2, 0.25) is 5.02 Å². The summed E-state index contributed by atoms with van der Waals surface area (Å²) in [6.45, 7) is 3.58. The third-order valence-corrected chi connectivity index (χ3v) is 4.82. The Labute approximate surface area is 119 Å². The van der Waals surface area contributed by atoms with E-state index in [9.17, 15) is 13.5 Å². The van der Waals surface area contributed by atoms with Crippen LogP contribution >= 0.6 is 11.6 Å². The van der Waals surface area contributed by atoms with Crippen LogP contribution in [-0.4, -0.2) is 31.6 Å². The molecule has 0 spiro atoms. The van der Waals surface area contributed by atoms with Crippen molar-refractivity contribution in [1.29, 1.82) is 0 Å². The number of sulfone groups is 1. The molecule has 0 fully saturated rings. The lowest BCUT2D eigenvalue weighted by Gasteiger charge is -2.10. The Balaban J connectivity index is 2.50. The highest BCUT2D eigenvalue weighted by Gasteiger charge is 2.09. The van der Waals surface area contributed by atoms with Gasteiger partial charge in [0.05, 0.1) is 23.5 Å². The minimum absolute atomic E-state index is 0.118. The van der Waals surface area contributed by atoms with Crippen molar-refractivity contribution in [3.63, 3.8) is 0 Å². The van der Waals surface area contributed by atoms with Gasteiger partial charge in [0.1, 0.15) is 15.6 Å². The highest BCUT2D eigenvalue weighted by Crippen LogP contribution is 2.27. The summed E-state index contributed by atoms with van der Waals surface area (Å²) in [6, 6.07) is 5.05. The molecule has 0 aliphatic carbocycles. The Hall–Kier alpha value is -0.780. The first kappa shape index (κ1) is 16.3. The molecule has 0 saturated heterocycles. The second-order valence-electron chi connectivity index (χ2n) is 4.30. The molecule has 0 saturated carbocycles. The van der Waals surface area contributed by atoms with Crippen LogP contribution in [0, 0.1) is 0 Å². The van der Waals surface area contributed by atoms with Crippen molar-refractivity contribution in [3.8, 4) is 5.75 Å². The molecule has 1 unspecified atom stereocenters. The predicted molar refractivity (Wildman–Crippen MR) is 76.5 cm³/mol. The Morgan fingerprint density at radius 3 is 2.63 bits per heavy atom. The summed E-state index contributed by atoms with van der Waals surface area (Å²) in [7, 11) is -2.95. The summed E-state index contributed by atoms with van der Waals surface area (Å²) in [6.07, 6.45) is -0.147. The minimum Gasteiger partial charge on any atom is -0.492 e. The van der Waals surface area contributed by atoms with E-state index >= 15 is 0 Å². The minimum atomic E-state index is -2.95. The number of aliphatic hydroxyl groups excluding tert-OH is 1. The highest BCUT2D eigenvalue weighted by atomic mass is 35.5. The first-order valence-corrected chi connectivity index (χ1v) is 8.36. The van der Waals surface area contributed by atoms with Crippen LogP contribution < -0.4 is 4.74 Å². The second kappa shape index (κ2) is 7.12. The van der Waals surface area contributed by atoms with Gasteiger partial charge in [0.15, 0.2) is 0 Å². The zero-order valence-corrected chi connectivity index (χ0v) is 12.7. The third kappa shape index (κ3) is 5.38. The van der Waals surface area contributed by atoms with Crippen molar-refractivity contribution in [2.75, 3.05) is 18.1 Å². The van der Waals surface area contributed by atoms with Gasteiger partial charge in [0.2, 0.25) is 0 Å². The fourth-order valence-corrected chi connectivity index (χ4v) is 2.59. The zero-order chi connectivity index (χ0) is 14.5. The molecular weight excluding hydrogens is 288 g/mol. The molecule has 0 heterocycles. The molecule has 1 aromatic rings. The molecule has 1 rings (SSSR count). The number of benzene rings is 1. The Morgan fingerprint density at radius 1 is 1.42 bits per heavy atom. The van der Waals surface area contributed by atoms with Crippen molar-refractivity contribution in [3.05, 3.63) is 28.8 Å². The highest BCUT2D eigenvalue weighted by molar-refractivity contribution is 7.91. The lowest BCUT2D eigenvalue weighted by Crippen LogP contribution is -2.11. The van der Waals surface area contributed by atoms with Gasteiger partial charge in [-0.1, -0.05) is 24.6 Å². The Morgan fingerprint density at radius 2 is 2.11 bits per heavy atom. The van der Waals surface area contributed by atoms with Gasteiger partial charge < -0.3 is 9.84 Å². The van der Waals surface area contributed by atoms with Gasteiger partial charge in [-0.2, -0.15) is 0 Å². The summed E-state index contributed by atoms with van der Waals surface area (Å²) >= 11 is 6.02. The summed E-state index contributed by atoms with van der Waals surface area (Å²) in [5, 5.41) is 9.82. The molecule has 0 amide bonds. The van der Waals surface area contributed by atoms with E-state index in [2.05, 4.69) is 0 Å². The predicted octanol–water partition coefficient (Wildman–Crippen LogP) is 2.60. The van der Waals surface area contributed by atoms with Crippen molar-refractivity contribution in [2.45, 2.75) is 26.4 Å². The molecule has 0 aliphatic rings. The average molecular weight is 307 g/mol. The maximum atomic E-state index is 11.3. The number of hydrogen-bond acceptors (Lipinski definition) is 4. The topological polar surface area (TPSA) is 63.6 Å². The summed E-state index contributed by atoms with van der Waals surface area (Å²) in [5.41, 5.74) is 0.714. The van der Waals surface area contributed by atoms with Crippen LogP contribution in [0.3, 0.4) is 0 Å². The monoisotopic (exact) mass is 306 g/mol. The Bertz CT molecular complexity index is 511. The van der Waals surface area contributed by atoms with Crippen LogP contribution in [0.25, 0.3) is 0 Å². The maximum absolute atomic E-state index is 11.3. The quantitative estimate of drug-likeness (QED) is 0.787. The molecule has 1 aromatic carbocycles. The van der Waals surface area contributed by atoms with Crippen LogP contribution in [0.4, 0.5) is 0 Å².